The highest BCUT2D eigenvalue weighted by Gasteiger charge is 2.10. The van der Waals surface area contributed by atoms with Crippen molar-refractivity contribution >= 4 is 33.7 Å². The number of carbonyl (C=O) groups is 1. The Morgan fingerprint density at radius 3 is 2.32 bits per heavy atom. The minimum atomic E-state index is -0.205. The Morgan fingerprint density at radius 2 is 1.48 bits per heavy atom. The van der Waals surface area contributed by atoms with Crippen molar-refractivity contribution in [3.63, 3.8) is 0 Å². The Balaban J connectivity index is 1.43. The molecule has 5 aromatic rings. The van der Waals surface area contributed by atoms with Crippen LogP contribution in [0, 0.1) is 13.8 Å². The van der Waals surface area contributed by atoms with Crippen molar-refractivity contribution in [3.8, 4) is 11.3 Å². The molecule has 3 aromatic carbocycles. The lowest BCUT2D eigenvalue weighted by Gasteiger charge is -2.09. The van der Waals surface area contributed by atoms with Gasteiger partial charge in [0.25, 0.3) is 5.91 Å². The summed E-state index contributed by atoms with van der Waals surface area (Å²) < 4.78 is 0. The molecule has 2 aromatic heterocycles. The second-order valence-electron chi connectivity index (χ2n) is 7.38. The number of nitrogens with zero attached hydrogens (tertiary/aromatic N) is 4. The van der Waals surface area contributed by atoms with Crippen molar-refractivity contribution in [1.29, 1.82) is 0 Å². The van der Waals surface area contributed by atoms with E-state index in [1.165, 1.54) is 0 Å². The molecule has 0 bridgehead atoms. The maximum Gasteiger partial charge on any atom is 0.255 e. The molecular formula is C25H19N5O. The Labute approximate surface area is 179 Å². The minimum Gasteiger partial charge on any atom is -0.322 e. The molecule has 150 valence electrons. The maximum absolute atomic E-state index is 12.8. The zero-order chi connectivity index (χ0) is 21.4. The molecule has 0 unspecified atom stereocenters. The van der Waals surface area contributed by atoms with Crippen LogP contribution in [-0.2, 0) is 0 Å². The van der Waals surface area contributed by atoms with Gasteiger partial charge < -0.3 is 5.32 Å². The SMILES string of the molecule is Cc1nc2ccc(C(=O)Nc3cccc(-c4cnc5ccccc5n4)c3)cc2nc1C. The van der Waals surface area contributed by atoms with Crippen molar-refractivity contribution in [2.24, 2.45) is 0 Å². The van der Waals surface area contributed by atoms with E-state index in [1.54, 1.807) is 18.3 Å². The normalized spacial score (nSPS) is 11.0. The van der Waals surface area contributed by atoms with E-state index in [-0.39, 0.29) is 5.91 Å². The summed E-state index contributed by atoms with van der Waals surface area (Å²) >= 11 is 0. The van der Waals surface area contributed by atoms with E-state index >= 15 is 0 Å². The van der Waals surface area contributed by atoms with Crippen molar-refractivity contribution < 1.29 is 4.79 Å². The fourth-order valence-corrected chi connectivity index (χ4v) is 3.43. The number of hydrogen-bond acceptors (Lipinski definition) is 5. The van der Waals surface area contributed by atoms with Gasteiger partial charge >= 0.3 is 0 Å². The van der Waals surface area contributed by atoms with Gasteiger partial charge in [0, 0.05) is 16.8 Å². The monoisotopic (exact) mass is 405 g/mol. The van der Waals surface area contributed by atoms with Gasteiger partial charge in [-0.25, -0.2) is 15.0 Å². The third kappa shape index (κ3) is 3.71. The van der Waals surface area contributed by atoms with Crippen molar-refractivity contribution in [2.45, 2.75) is 13.8 Å². The molecule has 0 aliphatic rings. The Bertz CT molecular complexity index is 1460. The topological polar surface area (TPSA) is 80.7 Å². The van der Waals surface area contributed by atoms with Crippen LogP contribution in [0.25, 0.3) is 33.3 Å². The minimum absolute atomic E-state index is 0.205. The second-order valence-corrected chi connectivity index (χ2v) is 7.38. The van der Waals surface area contributed by atoms with E-state index in [0.29, 0.717) is 16.8 Å². The first-order chi connectivity index (χ1) is 15.1. The summed E-state index contributed by atoms with van der Waals surface area (Å²) in [5, 5.41) is 2.96. The molecule has 0 saturated heterocycles. The quantitative estimate of drug-likeness (QED) is 0.451. The summed E-state index contributed by atoms with van der Waals surface area (Å²) in [6, 6.07) is 20.7. The molecule has 6 heteroatoms. The van der Waals surface area contributed by atoms with Gasteiger partial charge in [-0.15, -0.1) is 0 Å². The molecular weight excluding hydrogens is 386 g/mol. The molecule has 1 N–H and O–H groups in total. The number of para-hydroxylation sites is 2. The first-order valence-corrected chi connectivity index (χ1v) is 9.95. The zero-order valence-corrected chi connectivity index (χ0v) is 17.1. The van der Waals surface area contributed by atoms with Crippen LogP contribution in [0.3, 0.4) is 0 Å². The highest BCUT2D eigenvalue weighted by atomic mass is 16.1. The highest BCUT2D eigenvalue weighted by molar-refractivity contribution is 6.06. The first kappa shape index (κ1) is 18.8. The summed E-state index contributed by atoms with van der Waals surface area (Å²) in [5.74, 6) is -0.205. The molecule has 0 fully saturated rings. The fourth-order valence-electron chi connectivity index (χ4n) is 3.43. The molecule has 0 spiro atoms. The van der Waals surface area contributed by atoms with Crippen LogP contribution in [0.4, 0.5) is 5.69 Å². The van der Waals surface area contributed by atoms with Crippen molar-refractivity contribution in [1.82, 2.24) is 19.9 Å². The standard InChI is InChI=1S/C25H19N5O/c1-15-16(2)28-23-13-18(10-11-22(23)27-15)25(31)29-19-7-5-6-17(12-19)24-14-26-20-8-3-4-9-21(20)30-24/h3-14H,1-2H3,(H,29,31). The number of anilines is 1. The fraction of sp³-hybridized carbons (Fsp3) is 0.0800. The molecule has 0 aliphatic heterocycles. The molecule has 31 heavy (non-hydrogen) atoms. The van der Waals surface area contributed by atoms with E-state index < -0.39 is 0 Å². The van der Waals surface area contributed by atoms with E-state index in [1.807, 2.05) is 68.4 Å². The van der Waals surface area contributed by atoms with Gasteiger partial charge in [-0.1, -0.05) is 24.3 Å². The van der Waals surface area contributed by atoms with Gasteiger partial charge in [-0.3, -0.25) is 9.78 Å². The Kier molecular flexibility index (Phi) is 4.59. The van der Waals surface area contributed by atoms with Crippen molar-refractivity contribution in [2.75, 3.05) is 5.32 Å². The van der Waals surface area contributed by atoms with Gasteiger partial charge in [0.2, 0.25) is 0 Å². The molecule has 0 saturated carbocycles. The predicted molar refractivity (Wildman–Crippen MR) is 122 cm³/mol. The number of aromatic nitrogens is 4. The van der Waals surface area contributed by atoms with Gasteiger partial charge in [0.05, 0.1) is 45.3 Å². The lowest BCUT2D eigenvalue weighted by molar-refractivity contribution is 0.102. The second kappa shape index (κ2) is 7.57. The summed E-state index contributed by atoms with van der Waals surface area (Å²) in [7, 11) is 0. The third-order valence-corrected chi connectivity index (χ3v) is 5.20. The van der Waals surface area contributed by atoms with Gasteiger partial charge in [0.15, 0.2) is 0 Å². The van der Waals surface area contributed by atoms with Gasteiger partial charge in [-0.2, -0.15) is 0 Å². The number of hydrogen-bond donors (Lipinski definition) is 1. The third-order valence-electron chi connectivity index (χ3n) is 5.20. The Morgan fingerprint density at radius 1 is 0.742 bits per heavy atom. The van der Waals surface area contributed by atoms with Gasteiger partial charge in [0.1, 0.15) is 0 Å². The number of rotatable bonds is 3. The van der Waals surface area contributed by atoms with Crippen LogP contribution in [0.15, 0.2) is 72.9 Å². The van der Waals surface area contributed by atoms with Crippen LogP contribution in [0.1, 0.15) is 21.7 Å². The van der Waals surface area contributed by atoms with Crippen LogP contribution in [0.5, 0.6) is 0 Å². The number of benzene rings is 3. The number of amides is 1. The largest absolute Gasteiger partial charge is 0.322 e. The molecule has 0 aliphatic carbocycles. The van der Waals surface area contributed by atoms with Crippen LogP contribution >= 0.6 is 0 Å². The average Bonchev–Trinajstić information content (AvgIpc) is 2.79. The molecule has 2 heterocycles. The summed E-state index contributed by atoms with van der Waals surface area (Å²) in [4.78, 5) is 31.1. The summed E-state index contributed by atoms with van der Waals surface area (Å²) in [6.45, 7) is 3.84. The molecule has 0 atom stereocenters. The summed E-state index contributed by atoms with van der Waals surface area (Å²) in [5.41, 5.74) is 7.75. The van der Waals surface area contributed by atoms with Gasteiger partial charge in [-0.05, 0) is 56.3 Å². The van der Waals surface area contributed by atoms with E-state index in [2.05, 4.69) is 25.3 Å². The van der Waals surface area contributed by atoms with E-state index in [4.69, 9.17) is 0 Å². The molecule has 5 rings (SSSR count). The molecule has 0 radical (unpaired) electrons. The average molecular weight is 405 g/mol. The molecule has 1 amide bonds. The number of fused-ring (bicyclic) bond motifs is 2. The number of carbonyl (C=O) groups excluding carboxylic acids is 1. The van der Waals surface area contributed by atoms with E-state index in [0.717, 1.165) is 39.2 Å². The number of nitrogens with one attached hydrogen (secondary N) is 1. The smallest absolute Gasteiger partial charge is 0.255 e. The zero-order valence-electron chi connectivity index (χ0n) is 17.1. The maximum atomic E-state index is 12.8. The lowest BCUT2D eigenvalue weighted by Crippen LogP contribution is -2.12. The van der Waals surface area contributed by atoms with Crippen molar-refractivity contribution in [3.05, 3.63) is 89.9 Å². The first-order valence-electron chi connectivity index (χ1n) is 9.95. The molecule has 6 nitrogen and oxygen atoms in total. The highest BCUT2D eigenvalue weighted by Crippen LogP contribution is 2.23. The van der Waals surface area contributed by atoms with Crippen LogP contribution in [-0.4, -0.2) is 25.8 Å². The lowest BCUT2D eigenvalue weighted by atomic mass is 10.1. The summed E-state index contributed by atoms with van der Waals surface area (Å²) in [6.07, 6.45) is 1.75. The predicted octanol–water partition coefficient (Wildman–Crippen LogP) is 5.11. The van der Waals surface area contributed by atoms with Crippen LogP contribution < -0.4 is 5.32 Å². The van der Waals surface area contributed by atoms with E-state index in [9.17, 15) is 4.79 Å². The Hall–Kier alpha value is -4.19. The van der Waals surface area contributed by atoms with Crippen LogP contribution in [0.2, 0.25) is 0 Å². The number of aryl methyl sites for hydroxylation is 2.